The Labute approximate surface area is 170 Å². The second-order valence-corrected chi connectivity index (χ2v) is 8.93. The molecule has 2 atom stereocenters. The number of sulfonamides is 1. The minimum atomic E-state index is -4.82. The molecular formula is C18H10F6N4O2S. The third-order valence-corrected chi connectivity index (χ3v) is 7.22. The summed E-state index contributed by atoms with van der Waals surface area (Å²) in [6.07, 6.45) is -3.38. The number of fused-ring (bicyclic) bond motifs is 7. The number of aromatic amines is 1. The van der Waals surface area contributed by atoms with E-state index in [1.54, 1.807) is 0 Å². The second-order valence-electron chi connectivity index (χ2n) is 7.08. The van der Waals surface area contributed by atoms with Crippen molar-refractivity contribution in [3.63, 3.8) is 0 Å². The summed E-state index contributed by atoms with van der Waals surface area (Å²) in [5, 5.41) is 5.72. The molecule has 2 bridgehead atoms. The van der Waals surface area contributed by atoms with E-state index in [1.165, 1.54) is 12.1 Å². The number of hydrogen-bond donors (Lipinski definition) is 1. The van der Waals surface area contributed by atoms with Crippen LogP contribution in [0, 0.1) is 5.82 Å². The molecule has 2 aliphatic heterocycles. The third kappa shape index (κ3) is 2.59. The molecule has 1 N–H and O–H groups in total. The molecule has 162 valence electrons. The van der Waals surface area contributed by atoms with Crippen molar-refractivity contribution in [3.8, 4) is 0 Å². The third-order valence-electron chi connectivity index (χ3n) is 5.41. The van der Waals surface area contributed by atoms with E-state index in [4.69, 9.17) is 0 Å². The van der Waals surface area contributed by atoms with Crippen molar-refractivity contribution < 1.29 is 34.8 Å². The van der Waals surface area contributed by atoms with E-state index in [-0.39, 0.29) is 16.7 Å². The molecule has 6 nitrogen and oxygen atoms in total. The molecule has 2 aliphatic rings. The van der Waals surface area contributed by atoms with Crippen LogP contribution >= 0.6 is 0 Å². The van der Waals surface area contributed by atoms with Crippen molar-refractivity contribution >= 4 is 10.0 Å². The molecular weight excluding hydrogens is 450 g/mol. The molecule has 0 aliphatic carbocycles. The van der Waals surface area contributed by atoms with E-state index in [2.05, 4.69) is 15.2 Å². The molecule has 13 heteroatoms. The van der Waals surface area contributed by atoms with Gasteiger partial charge in [-0.25, -0.2) is 12.8 Å². The molecule has 2 unspecified atom stereocenters. The maximum Gasteiger partial charge on any atom is 0.433 e. The van der Waals surface area contributed by atoms with Gasteiger partial charge >= 0.3 is 12.1 Å². The van der Waals surface area contributed by atoms with E-state index in [1.807, 2.05) is 0 Å². The highest BCUT2D eigenvalue weighted by molar-refractivity contribution is 7.89. The first-order valence-corrected chi connectivity index (χ1v) is 10.2. The van der Waals surface area contributed by atoms with E-state index in [0.29, 0.717) is 22.6 Å². The molecule has 0 saturated heterocycles. The smallest absolute Gasteiger partial charge is 0.276 e. The Kier molecular flexibility index (Phi) is 3.91. The van der Waals surface area contributed by atoms with Crippen LogP contribution in [-0.2, 0) is 22.1 Å². The summed E-state index contributed by atoms with van der Waals surface area (Å²) in [5.74, 6) is -4.70. The lowest BCUT2D eigenvalue weighted by atomic mass is 9.97. The fourth-order valence-corrected chi connectivity index (χ4v) is 5.84. The predicted octanol–water partition coefficient (Wildman–Crippen LogP) is 3.90. The Hall–Kier alpha value is -2.93. The average molecular weight is 460 g/mol. The van der Waals surface area contributed by atoms with Gasteiger partial charge in [-0.2, -0.15) is 31.4 Å². The highest BCUT2D eigenvalue weighted by Gasteiger charge is 2.64. The fourth-order valence-electron chi connectivity index (χ4n) is 4.15. The van der Waals surface area contributed by atoms with Crippen molar-refractivity contribution in [2.75, 3.05) is 0 Å². The van der Waals surface area contributed by atoms with Gasteiger partial charge in [0.15, 0.2) is 0 Å². The Morgan fingerprint density at radius 3 is 2.45 bits per heavy atom. The van der Waals surface area contributed by atoms with Gasteiger partial charge in [-0.1, -0.05) is 12.1 Å². The van der Waals surface area contributed by atoms with Crippen LogP contribution in [0.1, 0.15) is 40.2 Å². The molecule has 4 heterocycles. The topological polar surface area (TPSA) is 79.0 Å². The van der Waals surface area contributed by atoms with Crippen LogP contribution in [0.4, 0.5) is 26.3 Å². The van der Waals surface area contributed by atoms with Gasteiger partial charge in [0.2, 0.25) is 10.0 Å². The average Bonchev–Trinajstić information content (AvgIpc) is 3.30. The number of halogens is 6. The molecule has 2 aromatic heterocycles. The fraction of sp³-hybridized carbons (Fsp3) is 0.222. The first-order chi connectivity index (χ1) is 14.5. The first kappa shape index (κ1) is 20.0. The van der Waals surface area contributed by atoms with E-state index < -0.39 is 56.3 Å². The number of nitrogens with one attached hydrogen (secondary N) is 1. The highest BCUT2D eigenvalue weighted by Crippen LogP contribution is 2.62. The standard InChI is InChI=1S/C18H10F6N4O2S/c19-11-3-1-2-9-13(11)14-10-7-26-27-15(10)17(20,21)16(9)28(14)31(29,30)8-4-5-12(25-6-8)18(22,23)24/h1-7,14,16H,(H,26,27). The quantitative estimate of drug-likeness (QED) is 0.589. The molecule has 5 rings (SSSR count). The summed E-state index contributed by atoms with van der Waals surface area (Å²) in [7, 11) is -4.82. The SMILES string of the molecule is O=S(=O)(c1ccc(C(F)(F)F)nc1)N1C2c3cn[nH]c3C(F)(F)C1c1cccc(F)c12. The van der Waals surface area contributed by atoms with Crippen LogP contribution in [0.5, 0.6) is 0 Å². The number of benzene rings is 1. The monoisotopic (exact) mass is 460 g/mol. The van der Waals surface area contributed by atoms with Gasteiger partial charge in [0.25, 0.3) is 0 Å². The normalized spacial score (nSPS) is 22.3. The van der Waals surface area contributed by atoms with E-state index in [9.17, 15) is 26.0 Å². The van der Waals surface area contributed by atoms with Gasteiger partial charge in [0.05, 0.1) is 12.2 Å². The Morgan fingerprint density at radius 1 is 1.06 bits per heavy atom. The minimum Gasteiger partial charge on any atom is -0.276 e. The van der Waals surface area contributed by atoms with Gasteiger partial charge in [0.1, 0.15) is 28.1 Å². The molecule has 1 aromatic carbocycles. The maximum atomic E-state index is 15.4. The zero-order chi connectivity index (χ0) is 22.3. The summed E-state index contributed by atoms with van der Waals surface area (Å²) in [4.78, 5) is 2.38. The lowest BCUT2D eigenvalue weighted by molar-refractivity contribution is -0.141. The number of hydrogen-bond acceptors (Lipinski definition) is 4. The van der Waals surface area contributed by atoms with Gasteiger partial charge in [0, 0.05) is 17.3 Å². The molecule has 0 spiro atoms. The van der Waals surface area contributed by atoms with Crippen LogP contribution in [0.15, 0.2) is 47.6 Å². The maximum absolute atomic E-state index is 15.4. The Morgan fingerprint density at radius 2 is 1.81 bits per heavy atom. The zero-order valence-electron chi connectivity index (χ0n) is 15.0. The second kappa shape index (κ2) is 6.07. The number of aromatic nitrogens is 3. The highest BCUT2D eigenvalue weighted by atomic mass is 32.2. The molecule has 3 aromatic rings. The Balaban J connectivity index is 1.73. The van der Waals surface area contributed by atoms with E-state index in [0.717, 1.165) is 12.3 Å². The summed E-state index contributed by atoms with van der Waals surface area (Å²) in [6, 6.07) is 0.876. The van der Waals surface area contributed by atoms with Gasteiger partial charge in [-0.05, 0) is 23.8 Å². The number of pyridine rings is 1. The summed E-state index contributed by atoms with van der Waals surface area (Å²) >= 11 is 0. The molecule has 0 fully saturated rings. The lowest BCUT2D eigenvalue weighted by Crippen LogP contribution is -2.45. The van der Waals surface area contributed by atoms with Crippen LogP contribution in [0.2, 0.25) is 0 Å². The van der Waals surface area contributed by atoms with Crippen molar-refractivity contribution in [2.45, 2.75) is 29.1 Å². The van der Waals surface area contributed by atoms with E-state index >= 15 is 8.78 Å². The van der Waals surface area contributed by atoms with Crippen LogP contribution < -0.4 is 0 Å². The molecule has 0 amide bonds. The number of H-pyrrole nitrogens is 1. The van der Waals surface area contributed by atoms with Gasteiger partial charge < -0.3 is 0 Å². The predicted molar refractivity (Wildman–Crippen MR) is 91.7 cm³/mol. The van der Waals surface area contributed by atoms with Gasteiger partial charge in [-0.15, -0.1) is 0 Å². The van der Waals surface area contributed by atoms with Crippen molar-refractivity contribution in [1.29, 1.82) is 0 Å². The zero-order valence-corrected chi connectivity index (χ0v) is 15.8. The van der Waals surface area contributed by atoms with Crippen LogP contribution in [-0.4, -0.2) is 27.9 Å². The van der Waals surface area contributed by atoms with Crippen LogP contribution in [0.25, 0.3) is 0 Å². The Bertz CT molecular complexity index is 1300. The number of rotatable bonds is 2. The van der Waals surface area contributed by atoms with Crippen LogP contribution in [0.3, 0.4) is 0 Å². The lowest BCUT2D eigenvalue weighted by Gasteiger charge is -2.38. The summed E-state index contributed by atoms with van der Waals surface area (Å²) in [5.41, 5.74) is -2.72. The number of alkyl halides is 5. The minimum absolute atomic E-state index is 0.233. The van der Waals surface area contributed by atoms with Gasteiger partial charge in [-0.3, -0.25) is 10.1 Å². The largest absolute Gasteiger partial charge is 0.433 e. The molecule has 0 radical (unpaired) electrons. The molecule has 0 saturated carbocycles. The summed E-state index contributed by atoms with van der Waals surface area (Å²) < 4.78 is 111. The first-order valence-electron chi connectivity index (χ1n) is 8.72. The van der Waals surface area contributed by atoms with Crippen molar-refractivity contribution in [2.24, 2.45) is 0 Å². The number of nitrogens with zero attached hydrogens (tertiary/aromatic N) is 3. The van der Waals surface area contributed by atoms with Crippen molar-refractivity contribution in [1.82, 2.24) is 19.5 Å². The molecule has 31 heavy (non-hydrogen) atoms. The van der Waals surface area contributed by atoms with Crippen molar-refractivity contribution in [3.05, 3.63) is 76.6 Å². The summed E-state index contributed by atoms with van der Waals surface area (Å²) in [6.45, 7) is 0.